The van der Waals surface area contributed by atoms with Crippen LogP contribution in [0.3, 0.4) is 0 Å². The van der Waals surface area contributed by atoms with Gasteiger partial charge in [0.2, 0.25) is 0 Å². The van der Waals surface area contributed by atoms with E-state index in [1.54, 1.807) is 6.07 Å². The second-order valence-corrected chi connectivity index (χ2v) is 4.89. The maximum absolute atomic E-state index is 11.2. The molecule has 0 amide bonds. The number of rotatable bonds is 2. The second kappa shape index (κ2) is 4.90. The standard InChI is InChI=1S/C10H5Cl2N3O2S/c11-6-1-4(2-7(12)8(6)16)14-10-5(3-13)9(17)15-18-10/h1-2,14,16H,(H,15,17). The number of hydrogen-bond acceptors (Lipinski definition) is 5. The Morgan fingerprint density at radius 3 is 2.56 bits per heavy atom. The van der Waals surface area contributed by atoms with Crippen molar-refractivity contribution in [2.75, 3.05) is 5.32 Å². The predicted molar refractivity (Wildman–Crippen MR) is 71.1 cm³/mol. The third kappa shape index (κ3) is 2.29. The number of nitrogens with zero attached hydrogens (tertiary/aromatic N) is 1. The minimum absolute atomic E-state index is 0.0136. The number of nitrogens with one attached hydrogen (secondary N) is 2. The summed E-state index contributed by atoms with van der Waals surface area (Å²) in [6.45, 7) is 0. The van der Waals surface area contributed by atoms with Gasteiger partial charge >= 0.3 is 0 Å². The van der Waals surface area contributed by atoms with Crippen molar-refractivity contribution in [3.05, 3.63) is 38.1 Å². The summed E-state index contributed by atoms with van der Waals surface area (Å²) in [5.41, 5.74) is -0.00385. The van der Waals surface area contributed by atoms with Gasteiger partial charge in [0.1, 0.15) is 11.1 Å². The number of phenolic OH excluding ortho intramolecular Hbond substituents is 1. The van der Waals surface area contributed by atoms with E-state index in [-0.39, 0.29) is 21.4 Å². The lowest BCUT2D eigenvalue weighted by atomic mass is 10.3. The molecule has 0 aliphatic rings. The first-order valence-corrected chi connectivity index (χ1v) is 6.16. The summed E-state index contributed by atoms with van der Waals surface area (Å²) in [6.07, 6.45) is 0. The highest BCUT2D eigenvalue weighted by molar-refractivity contribution is 7.10. The van der Waals surface area contributed by atoms with Crippen molar-refractivity contribution in [1.29, 1.82) is 5.26 Å². The van der Waals surface area contributed by atoms with E-state index in [0.29, 0.717) is 10.7 Å². The largest absolute Gasteiger partial charge is 0.505 e. The average Bonchev–Trinajstić information content (AvgIpc) is 2.66. The zero-order valence-electron chi connectivity index (χ0n) is 8.62. The van der Waals surface area contributed by atoms with E-state index in [1.807, 2.05) is 0 Å². The Morgan fingerprint density at radius 2 is 2.00 bits per heavy atom. The molecule has 5 nitrogen and oxygen atoms in total. The number of aromatic amines is 1. The van der Waals surface area contributed by atoms with Gasteiger partial charge in [-0.2, -0.15) is 5.26 Å². The van der Waals surface area contributed by atoms with Crippen LogP contribution >= 0.6 is 34.7 Å². The molecule has 0 fully saturated rings. The number of phenols is 1. The minimum atomic E-state index is -0.457. The first kappa shape index (κ1) is 12.8. The quantitative estimate of drug-likeness (QED) is 0.744. The molecular weight excluding hydrogens is 297 g/mol. The summed E-state index contributed by atoms with van der Waals surface area (Å²) in [5.74, 6) is -0.216. The highest BCUT2D eigenvalue weighted by Gasteiger charge is 2.12. The summed E-state index contributed by atoms with van der Waals surface area (Å²) >= 11 is 12.5. The first-order valence-electron chi connectivity index (χ1n) is 4.59. The van der Waals surface area contributed by atoms with Crippen molar-refractivity contribution in [2.45, 2.75) is 0 Å². The van der Waals surface area contributed by atoms with Crippen molar-refractivity contribution >= 4 is 45.4 Å². The van der Waals surface area contributed by atoms with Crippen molar-refractivity contribution in [3.63, 3.8) is 0 Å². The van der Waals surface area contributed by atoms with Gasteiger partial charge in [0.15, 0.2) is 11.3 Å². The van der Waals surface area contributed by atoms with Crippen LogP contribution in [0.4, 0.5) is 10.7 Å². The molecule has 18 heavy (non-hydrogen) atoms. The maximum Gasteiger partial charge on any atom is 0.278 e. The highest BCUT2D eigenvalue weighted by Crippen LogP contribution is 2.36. The van der Waals surface area contributed by atoms with Crippen molar-refractivity contribution in [3.8, 4) is 11.8 Å². The summed E-state index contributed by atoms with van der Waals surface area (Å²) in [7, 11) is 0. The molecule has 0 saturated carbocycles. The van der Waals surface area contributed by atoms with E-state index in [4.69, 9.17) is 28.5 Å². The number of nitriles is 1. The molecule has 8 heteroatoms. The molecule has 0 radical (unpaired) electrons. The highest BCUT2D eigenvalue weighted by atomic mass is 35.5. The van der Waals surface area contributed by atoms with E-state index >= 15 is 0 Å². The van der Waals surface area contributed by atoms with E-state index in [1.165, 1.54) is 12.1 Å². The number of benzene rings is 1. The number of hydrogen-bond donors (Lipinski definition) is 3. The van der Waals surface area contributed by atoms with Gasteiger partial charge in [0, 0.05) is 5.69 Å². The van der Waals surface area contributed by atoms with Crippen LogP contribution in [-0.2, 0) is 0 Å². The van der Waals surface area contributed by atoms with Crippen LogP contribution in [0.25, 0.3) is 0 Å². The maximum atomic E-state index is 11.2. The monoisotopic (exact) mass is 301 g/mol. The lowest BCUT2D eigenvalue weighted by molar-refractivity contribution is 0.476. The van der Waals surface area contributed by atoms with Crippen LogP contribution in [0.5, 0.6) is 5.75 Å². The minimum Gasteiger partial charge on any atom is -0.505 e. The molecule has 0 bridgehead atoms. The molecule has 0 aliphatic heterocycles. The molecule has 1 aromatic carbocycles. The predicted octanol–water partition coefficient (Wildman–Crippen LogP) is 3.06. The molecule has 0 atom stereocenters. The Balaban J connectivity index is 2.41. The number of aromatic nitrogens is 1. The van der Waals surface area contributed by atoms with Crippen LogP contribution in [0, 0.1) is 11.3 Å². The van der Waals surface area contributed by atoms with Gasteiger partial charge in [0.25, 0.3) is 5.56 Å². The Bertz CT molecular complexity index is 679. The first-order chi connectivity index (χ1) is 8.52. The zero-order chi connectivity index (χ0) is 13.3. The third-order valence-corrected chi connectivity index (χ3v) is 3.46. The normalized spacial score (nSPS) is 10.1. The summed E-state index contributed by atoms with van der Waals surface area (Å²) in [4.78, 5) is 11.2. The molecular formula is C10H5Cl2N3O2S. The SMILES string of the molecule is N#Cc1c(Nc2cc(Cl)c(O)c(Cl)c2)s[nH]c1=O. The van der Waals surface area contributed by atoms with Crippen LogP contribution in [0.15, 0.2) is 16.9 Å². The summed E-state index contributed by atoms with van der Waals surface area (Å²) in [6, 6.07) is 4.67. The molecule has 1 heterocycles. The smallest absolute Gasteiger partial charge is 0.278 e. The van der Waals surface area contributed by atoms with Crippen LogP contribution < -0.4 is 10.9 Å². The van der Waals surface area contributed by atoms with Gasteiger partial charge in [-0.05, 0) is 23.7 Å². The molecule has 2 aromatic rings. The van der Waals surface area contributed by atoms with Crippen molar-refractivity contribution in [1.82, 2.24) is 4.37 Å². The lowest BCUT2D eigenvalue weighted by Crippen LogP contribution is -2.02. The third-order valence-electron chi connectivity index (χ3n) is 2.09. The molecule has 0 saturated heterocycles. The van der Waals surface area contributed by atoms with Gasteiger partial charge in [0.05, 0.1) is 10.0 Å². The Hall–Kier alpha value is -1.68. The second-order valence-electron chi connectivity index (χ2n) is 3.26. The number of H-pyrrole nitrogens is 1. The molecule has 1 aromatic heterocycles. The topological polar surface area (TPSA) is 88.9 Å². The van der Waals surface area contributed by atoms with Gasteiger partial charge in [-0.1, -0.05) is 23.2 Å². The molecule has 3 N–H and O–H groups in total. The van der Waals surface area contributed by atoms with Crippen molar-refractivity contribution < 1.29 is 5.11 Å². The molecule has 0 aliphatic carbocycles. The fraction of sp³-hybridized carbons (Fsp3) is 0. The molecule has 0 spiro atoms. The Morgan fingerprint density at radius 1 is 1.39 bits per heavy atom. The summed E-state index contributed by atoms with van der Waals surface area (Å²) in [5, 5.41) is 21.6. The van der Waals surface area contributed by atoms with E-state index in [2.05, 4.69) is 9.69 Å². The van der Waals surface area contributed by atoms with Gasteiger partial charge in [-0.25, -0.2) is 0 Å². The average molecular weight is 302 g/mol. The Labute approximate surface area is 115 Å². The van der Waals surface area contributed by atoms with Gasteiger partial charge in [-0.15, -0.1) is 0 Å². The van der Waals surface area contributed by atoms with Gasteiger partial charge < -0.3 is 10.4 Å². The van der Waals surface area contributed by atoms with Gasteiger partial charge in [-0.3, -0.25) is 9.17 Å². The number of aromatic hydroxyl groups is 1. The summed E-state index contributed by atoms with van der Waals surface area (Å²) < 4.78 is 2.43. The lowest BCUT2D eigenvalue weighted by Gasteiger charge is -2.06. The molecule has 0 unspecified atom stereocenters. The number of halogens is 2. The van der Waals surface area contributed by atoms with E-state index in [0.717, 1.165) is 11.5 Å². The molecule has 92 valence electrons. The fourth-order valence-corrected chi connectivity index (χ4v) is 2.45. The zero-order valence-corrected chi connectivity index (χ0v) is 10.9. The molecule has 2 rings (SSSR count). The van der Waals surface area contributed by atoms with Crippen LogP contribution in [-0.4, -0.2) is 9.48 Å². The van der Waals surface area contributed by atoms with Crippen molar-refractivity contribution in [2.24, 2.45) is 0 Å². The van der Waals surface area contributed by atoms with Crippen LogP contribution in [0.1, 0.15) is 5.56 Å². The van der Waals surface area contributed by atoms with Crippen LogP contribution in [0.2, 0.25) is 10.0 Å². The number of anilines is 2. The van der Waals surface area contributed by atoms with E-state index < -0.39 is 5.56 Å². The fourth-order valence-electron chi connectivity index (χ4n) is 1.26. The van der Waals surface area contributed by atoms with E-state index in [9.17, 15) is 9.90 Å². The Kier molecular flexibility index (Phi) is 3.48.